The first kappa shape index (κ1) is 17.8. The zero-order valence-corrected chi connectivity index (χ0v) is 15.0. The first-order chi connectivity index (χ1) is 12.2. The number of anilines is 2. The lowest BCUT2D eigenvalue weighted by atomic mass is 10.2. The molecule has 1 atom stereocenters. The highest BCUT2D eigenvalue weighted by molar-refractivity contribution is 7.99. The maximum absolute atomic E-state index is 11.4. The minimum absolute atomic E-state index is 0.105. The second-order valence-corrected chi connectivity index (χ2v) is 6.82. The lowest BCUT2D eigenvalue weighted by Crippen LogP contribution is -2.39. The van der Waals surface area contributed by atoms with E-state index >= 15 is 0 Å². The summed E-state index contributed by atoms with van der Waals surface area (Å²) in [6.45, 7) is 3.02. The normalized spacial score (nSPS) is 13.8. The fraction of sp³-hybridized carbons (Fsp3) is 0.316. The molecule has 3 rings (SSSR count). The highest BCUT2D eigenvalue weighted by atomic mass is 32.2. The molecule has 2 N–H and O–H groups in total. The van der Waals surface area contributed by atoms with Crippen molar-refractivity contribution in [1.29, 1.82) is 0 Å². The fourth-order valence-electron chi connectivity index (χ4n) is 2.81. The lowest BCUT2D eigenvalue weighted by Gasteiger charge is -2.34. The van der Waals surface area contributed by atoms with Crippen LogP contribution in [0.3, 0.4) is 0 Å². The van der Waals surface area contributed by atoms with E-state index in [0.717, 1.165) is 11.4 Å². The van der Waals surface area contributed by atoms with Crippen LogP contribution in [0.25, 0.3) is 0 Å². The molecule has 1 unspecified atom stereocenters. The van der Waals surface area contributed by atoms with Crippen LogP contribution in [-0.2, 0) is 9.53 Å². The first-order valence-corrected chi connectivity index (χ1v) is 9.18. The summed E-state index contributed by atoms with van der Waals surface area (Å²) < 4.78 is 4.87. The van der Waals surface area contributed by atoms with Gasteiger partial charge in [-0.3, -0.25) is 4.79 Å². The van der Waals surface area contributed by atoms with E-state index in [2.05, 4.69) is 34.5 Å². The van der Waals surface area contributed by atoms with Crippen LogP contribution in [0, 0.1) is 0 Å². The summed E-state index contributed by atoms with van der Waals surface area (Å²) in [6, 6.07) is 16.4. The quantitative estimate of drug-likeness (QED) is 0.742. The maximum atomic E-state index is 11.4. The number of nitrogens with zero attached hydrogens (tertiary/aromatic N) is 1. The van der Waals surface area contributed by atoms with Gasteiger partial charge in [0.1, 0.15) is 0 Å². The maximum Gasteiger partial charge on any atom is 0.319 e. The largest absolute Gasteiger partial charge is 0.465 e. The van der Waals surface area contributed by atoms with Gasteiger partial charge in [0.05, 0.1) is 37.2 Å². The van der Waals surface area contributed by atoms with Crippen LogP contribution in [0.1, 0.15) is 6.92 Å². The number of rotatable bonds is 7. The molecular weight excluding hydrogens is 336 g/mol. The summed E-state index contributed by atoms with van der Waals surface area (Å²) in [5, 5.41) is 13.4. The second kappa shape index (κ2) is 8.38. The minimum Gasteiger partial charge on any atom is -0.465 e. The van der Waals surface area contributed by atoms with E-state index in [1.165, 1.54) is 9.79 Å². The molecule has 0 spiro atoms. The van der Waals surface area contributed by atoms with Crippen molar-refractivity contribution in [3.05, 3.63) is 48.5 Å². The van der Waals surface area contributed by atoms with Gasteiger partial charge in [-0.25, -0.2) is 0 Å². The van der Waals surface area contributed by atoms with Gasteiger partial charge in [-0.15, -0.1) is 0 Å². The standard InChI is InChI=1S/C19H22N2O3S/c1-2-24-19(23)12-20-11-14(22)13-21-15-7-3-5-9-17(15)25-18-10-6-4-8-16(18)21/h3-10,14,20,22H,2,11-13H2,1H3. The van der Waals surface area contributed by atoms with Gasteiger partial charge < -0.3 is 20.1 Å². The zero-order valence-electron chi connectivity index (χ0n) is 14.1. The zero-order chi connectivity index (χ0) is 17.6. The number of β-amino-alcohol motifs (C(OH)–C–C–N with tert-alkyl or cyclic N) is 1. The van der Waals surface area contributed by atoms with E-state index < -0.39 is 6.10 Å². The van der Waals surface area contributed by atoms with E-state index in [1.54, 1.807) is 18.7 Å². The molecule has 5 nitrogen and oxygen atoms in total. The molecule has 0 saturated carbocycles. The molecule has 0 saturated heterocycles. The van der Waals surface area contributed by atoms with Crippen LogP contribution < -0.4 is 10.2 Å². The molecule has 2 aromatic rings. The van der Waals surface area contributed by atoms with Crippen molar-refractivity contribution < 1.29 is 14.6 Å². The van der Waals surface area contributed by atoms with E-state index in [4.69, 9.17) is 4.74 Å². The Hall–Kier alpha value is -2.02. The number of nitrogens with one attached hydrogen (secondary N) is 1. The predicted octanol–water partition coefficient (Wildman–Crippen LogP) is 2.80. The molecule has 1 aliphatic heterocycles. The van der Waals surface area contributed by atoms with Gasteiger partial charge in [-0.05, 0) is 31.2 Å². The highest BCUT2D eigenvalue weighted by Gasteiger charge is 2.24. The Labute approximate surface area is 152 Å². The van der Waals surface area contributed by atoms with Crippen molar-refractivity contribution in [2.75, 3.05) is 31.1 Å². The molecule has 6 heteroatoms. The Kier molecular flexibility index (Phi) is 5.96. The van der Waals surface area contributed by atoms with Crippen molar-refractivity contribution in [3.8, 4) is 0 Å². The van der Waals surface area contributed by atoms with Crippen molar-refractivity contribution >= 4 is 29.1 Å². The summed E-state index contributed by atoms with van der Waals surface area (Å²) >= 11 is 1.74. The monoisotopic (exact) mass is 358 g/mol. The number of fused-ring (bicyclic) bond motifs is 2. The number of hydrogen-bond donors (Lipinski definition) is 2. The molecule has 0 fully saturated rings. The number of ether oxygens (including phenoxy) is 1. The number of esters is 1. The van der Waals surface area contributed by atoms with Crippen LogP contribution in [0.5, 0.6) is 0 Å². The molecule has 0 aromatic heterocycles. The fourth-order valence-corrected chi connectivity index (χ4v) is 3.90. The van der Waals surface area contributed by atoms with Crippen LogP contribution in [0.15, 0.2) is 58.3 Å². The van der Waals surface area contributed by atoms with E-state index in [9.17, 15) is 9.90 Å². The van der Waals surface area contributed by atoms with E-state index in [0.29, 0.717) is 19.7 Å². The van der Waals surface area contributed by atoms with Crippen LogP contribution in [-0.4, -0.2) is 43.4 Å². The van der Waals surface area contributed by atoms with Crippen molar-refractivity contribution in [1.82, 2.24) is 5.32 Å². The van der Waals surface area contributed by atoms with Gasteiger partial charge in [0, 0.05) is 16.3 Å². The number of benzene rings is 2. The average molecular weight is 358 g/mol. The van der Waals surface area contributed by atoms with E-state index in [-0.39, 0.29) is 12.5 Å². The van der Waals surface area contributed by atoms with Crippen LogP contribution in [0.2, 0.25) is 0 Å². The Bertz CT molecular complexity index is 693. The summed E-state index contributed by atoms with van der Waals surface area (Å²) in [4.78, 5) is 15.8. The number of carbonyl (C=O) groups is 1. The Morgan fingerprint density at radius 2 is 1.76 bits per heavy atom. The second-order valence-electron chi connectivity index (χ2n) is 5.74. The number of hydrogen-bond acceptors (Lipinski definition) is 6. The third-order valence-corrected chi connectivity index (χ3v) is 5.01. The molecule has 0 aliphatic carbocycles. The van der Waals surface area contributed by atoms with Crippen molar-refractivity contribution in [2.24, 2.45) is 0 Å². The average Bonchev–Trinajstić information content (AvgIpc) is 2.62. The van der Waals surface area contributed by atoms with Gasteiger partial charge in [0.15, 0.2) is 0 Å². The molecule has 25 heavy (non-hydrogen) atoms. The third-order valence-electron chi connectivity index (χ3n) is 3.88. The summed E-state index contributed by atoms with van der Waals surface area (Å²) in [5.41, 5.74) is 2.19. The molecule has 1 heterocycles. The Morgan fingerprint density at radius 3 is 2.36 bits per heavy atom. The summed E-state index contributed by atoms with van der Waals surface area (Å²) in [6.07, 6.45) is -0.612. The number of carbonyl (C=O) groups excluding carboxylic acids is 1. The Morgan fingerprint density at radius 1 is 1.16 bits per heavy atom. The molecule has 132 valence electrons. The van der Waals surface area contributed by atoms with Gasteiger partial charge >= 0.3 is 5.97 Å². The third kappa shape index (κ3) is 4.34. The van der Waals surface area contributed by atoms with Gasteiger partial charge in [-0.1, -0.05) is 36.0 Å². The van der Waals surface area contributed by atoms with Crippen LogP contribution in [0.4, 0.5) is 11.4 Å². The molecule has 1 aliphatic rings. The summed E-state index contributed by atoms with van der Waals surface area (Å²) in [5.74, 6) is -0.306. The van der Waals surface area contributed by atoms with Gasteiger partial charge in [0.25, 0.3) is 0 Å². The van der Waals surface area contributed by atoms with Crippen molar-refractivity contribution in [3.63, 3.8) is 0 Å². The molecule has 0 bridgehead atoms. The lowest BCUT2D eigenvalue weighted by molar-refractivity contribution is -0.142. The summed E-state index contributed by atoms with van der Waals surface area (Å²) in [7, 11) is 0. The first-order valence-electron chi connectivity index (χ1n) is 8.37. The SMILES string of the molecule is CCOC(=O)CNCC(O)CN1c2ccccc2Sc2ccccc21. The van der Waals surface area contributed by atoms with Crippen molar-refractivity contribution in [2.45, 2.75) is 22.8 Å². The Balaban J connectivity index is 1.68. The molecule has 2 aromatic carbocycles. The number of para-hydroxylation sites is 2. The molecular formula is C19H22N2O3S. The molecule has 0 radical (unpaired) electrons. The minimum atomic E-state index is -0.612. The topological polar surface area (TPSA) is 61.8 Å². The number of aliphatic hydroxyl groups is 1. The van der Waals surface area contributed by atoms with Crippen LogP contribution >= 0.6 is 11.8 Å². The highest BCUT2D eigenvalue weighted by Crippen LogP contribution is 2.47. The molecule has 0 amide bonds. The van der Waals surface area contributed by atoms with E-state index in [1.807, 2.05) is 24.3 Å². The smallest absolute Gasteiger partial charge is 0.319 e. The predicted molar refractivity (Wildman–Crippen MR) is 99.5 cm³/mol. The van der Waals surface area contributed by atoms with Gasteiger partial charge in [0.2, 0.25) is 0 Å². The van der Waals surface area contributed by atoms with Gasteiger partial charge in [-0.2, -0.15) is 0 Å². The number of aliphatic hydroxyl groups excluding tert-OH is 1.